The SMILES string of the molecule is CCc1cccc(Oc2cccc(OC)c2Cl)c1. The Morgan fingerprint density at radius 1 is 1.06 bits per heavy atom. The second kappa shape index (κ2) is 5.78. The van der Waals surface area contributed by atoms with Gasteiger partial charge in [-0.1, -0.05) is 36.7 Å². The molecule has 0 fully saturated rings. The topological polar surface area (TPSA) is 18.5 Å². The van der Waals surface area contributed by atoms with Gasteiger partial charge in [-0.25, -0.2) is 0 Å². The van der Waals surface area contributed by atoms with E-state index in [1.165, 1.54) is 5.56 Å². The largest absolute Gasteiger partial charge is 0.495 e. The third kappa shape index (κ3) is 2.77. The molecule has 0 aromatic heterocycles. The number of hydrogen-bond acceptors (Lipinski definition) is 2. The van der Waals surface area contributed by atoms with Crippen molar-refractivity contribution in [3.05, 3.63) is 53.1 Å². The van der Waals surface area contributed by atoms with Crippen molar-refractivity contribution in [1.82, 2.24) is 0 Å². The molecule has 0 N–H and O–H groups in total. The molecule has 0 aliphatic carbocycles. The summed E-state index contributed by atoms with van der Waals surface area (Å²) in [6, 6.07) is 13.4. The lowest BCUT2D eigenvalue weighted by atomic mass is 10.2. The monoisotopic (exact) mass is 262 g/mol. The van der Waals surface area contributed by atoms with Gasteiger partial charge in [-0.05, 0) is 36.2 Å². The second-order valence-electron chi connectivity index (χ2n) is 3.88. The number of aryl methyl sites for hydroxylation is 1. The van der Waals surface area contributed by atoms with Crippen molar-refractivity contribution in [2.75, 3.05) is 7.11 Å². The first-order valence-corrected chi connectivity index (χ1v) is 6.21. The fourth-order valence-corrected chi connectivity index (χ4v) is 1.92. The van der Waals surface area contributed by atoms with Crippen LogP contribution < -0.4 is 9.47 Å². The number of hydrogen-bond donors (Lipinski definition) is 0. The molecule has 0 aliphatic rings. The van der Waals surface area contributed by atoms with Gasteiger partial charge in [0.15, 0.2) is 0 Å². The van der Waals surface area contributed by atoms with E-state index in [1.54, 1.807) is 13.2 Å². The number of halogens is 1. The summed E-state index contributed by atoms with van der Waals surface area (Å²) in [7, 11) is 1.59. The highest BCUT2D eigenvalue weighted by atomic mass is 35.5. The standard InChI is InChI=1S/C15H15ClO2/c1-3-11-6-4-7-12(10-11)18-14-9-5-8-13(17-2)15(14)16/h4-10H,3H2,1-2H3. The van der Waals surface area contributed by atoms with Crippen molar-refractivity contribution in [2.24, 2.45) is 0 Å². The quantitative estimate of drug-likeness (QED) is 0.795. The zero-order valence-corrected chi connectivity index (χ0v) is 11.2. The Hall–Kier alpha value is -1.67. The highest BCUT2D eigenvalue weighted by Crippen LogP contribution is 2.36. The van der Waals surface area contributed by atoms with Crippen LogP contribution in [0.1, 0.15) is 12.5 Å². The van der Waals surface area contributed by atoms with Gasteiger partial charge >= 0.3 is 0 Å². The molecule has 94 valence electrons. The fourth-order valence-electron chi connectivity index (χ4n) is 1.68. The van der Waals surface area contributed by atoms with Crippen molar-refractivity contribution in [3.63, 3.8) is 0 Å². The molecule has 0 radical (unpaired) electrons. The summed E-state index contributed by atoms with van der Waals surface area (Å²) in [4.78, 5) is 0. The van der Waals surface area contributed by atoms with Crippen LogP contribution in [0.2, 0.25) is 5.02 Å². The predicted octanol–water partition coefficient (Wildman–Crippen LogP) is 4.70. The van der Waals surface area contributed by atoms with Crippen LogP contribution >= 0.6 is 11.6 Å². The van der Waals surface area contributed by atoms with Crippen LogP contribution in [0.15, 0.2) is 42.5 Å². The lowest BCUT2D eigenvalue weighted by Crippen LogP contribution is -1.90. The summed E-state index contributed by atoms with van der Waals surface area (Å²) >= 11 is 6.18. The summed E-state index contributed by atoms with van der Waals surface area (Å²) in [5.41, 5.74) is 1.23. The molecule has 0 unspecified atom stereocenters. The highest BCUT2D eigenvalue weighted by molar-refractivity contribution is 6.33. The predicted molar refractivity (Wildman–Crippen MR) is 73.9 cm³/mol. The van der Waals surface area contributed by atoms with Gasteiger partial charge in [0.2, 0.25) is 0 Å². The molecule has 3 heteroatoms. The molecular weight excluding hydrogens is 248 g/mol. The Balaban J connectivity index is 2.28. The first kappa shape index (κ1) is 12.8. The Morgan fingerprint density at radius 3 is 2.50 bits per heavy atom. The van der Waals surface area contributed by atoms with E-state index in [0.29, 0.717) is 16.5 Å². The first-order chi connectivity index (χ1) is 8.74. The van der Waals surface area contributed by atoms with Crippen LogP contribution in [-0.2, 0) is 6.42 Å². The molecule has 0 bridgehead atoms. The fraction of sp³-hybridized carbons (Fsp3) is 0.200. The minimum atomic E-state index is 0.488. The van der Waals surface area contributed by atoms with E-state index in [-0.39, 0.29) is 0 Å². The van der Waals surface area contributed by atoms with Crippen molar-refractivity contribution in [1.29, 1.82) is 0 Å². The third-order valence-electron chi connectivity index (χ3n) is 2.68. The van der Waals surface area contributed by atoms with E-state index in [2.05, 4.69) is 13.0 Å². The molecule has 2 nitrogen and oxygen atoms in total. The molecule has 2 rings (SSSR count). The third-order valence-corrected chi connectivity index (χ3v) is 3.05. The van der Waals surface area contributed by atoms with E-state index in [1.807, 2.05) is 30.3 Å². The van der Waals surface area contributed by atoms with E-state index < -0.39 is 0 Å². The normalized spacial score (nSPS) is 10.2. The summed E-state index contributed by atoms with van der Waals surface area (Å²) < 4.78 is 10.9. The van der Waals surface area contributed by atoms with Crippen molar-refractivity contribution < 1.29 is 9.47 Å². The highest BCUT2D eigenvalue weighted by Gasteiger charge is 2.08. The van der Waals surface area contributed by atoms with Gasteiger partial charge < -0.3 is 9.47 Å². The maximum atomic E-state index is 6.18. The Labute approximate surface area is 112 Å². The minimum Gasteiger partial charge on any atom is -0.495 e. The molecule has 0 saturated carbocycles. The molecule has 0 spiro atoms. The van der Waals surface area contributed by atoms with Crippen LogP contribution in [0.25, 0.3) is 0 Å². The maximum Gasteiger partial charge on any atom is 0.149 e. The molecule has 18 heavy (non-hydrogen) atoms. The average Bonchev–Trinajstić information content (AvgIpc) is 2.41. The van der Waals surface area contributed by atoms with E-state index in [9.17, 15) is 0 Å². The minimum absolute atomic E-state index is 0.488. The number of methoxy groups -OCH3 is 1. The summed E-state index contributed by atoms with van der Waals surface area (Å²) in [5.74, 6) is 1.99. The van der Waals surface area contributed by atoms with Crippen LogP contribution in [-0.4, -0.2) is 7.11 Å². The smallest absolute Gasteiger partial charge is 0.149 e. The number of rotatable bonds is 4. The van der Waals surface area contributed by atoms with Crippen molar-refractivity contribution in [2.45, 2.75) is 13.3 Å². The Morgan fingerprint density at radius 2 is 1.78 bits per heavy atom. The zero-order chi connectivity index (χ0) is 13.0. The van der Waals surface area contributed by atoms with Crippen molar-refractivity contribution >= 4 is 11.6 Å². The molecule has 0 aliphatic heterocycles. The van der Waals surface area contributed by atoms with Gasteiger partial charge in [0.05, 0.1) is 7.11 Å². The maximum absolute atomic E-state index is 6.18. The molecule has 0 amide bonds. The van der Waals surface area contributed by atoms with E-state index >= 15 is 0 Å². The number of benzene rings is 2. The van der Waals surface area contributed by atoms with Gasteiger partial charge in [-0.3, -0.25) is 0 Å². The van der Waals surface area contributed by atoms with E-state index in [4.69, 9.17) is 21.1 Å². The van der Waals surface area contributed by atoms with Gasteiger partial charge in [0.25, 0.3) is 0 Å². The Kier molecular flexibility index (Phi) is 4.11. The van der Waals surface area contributed by atoms with Gasteiger partial charge in [0, 0.05) is 0 Å². The van der Waals surface area contributed by atoms with Gasteiger partial charge in [-0.15, -0.1) is 0 Å². The van der Waals surface area contributed by atoms with Crippen LogP contribution in [0.5, 0.6) is 17.2 Å². The Bertz CT molecular complexity index is 538. The molecule has 0 heterocycles. The first-order valence-electron chi connectivity index (χ1n) is 5.84. The van der Waals surface area contributed by atoms with Gasteiger partial charge in [-0.2, -0.15) is 0 Å². The summed E-state index contributed by atoms with van der Waals surface area (Å²) in [5, 5.41) is 0.488. The van der Waals surface area contributed by atoms with Crippen LogP contribution in [0.4, 0.5) is 0 Å². The number of ether oxygens (including phenoxy) is 2. The lowest BCUT2D eigenvalue weighted by Gasteiger charge is -2.10. The van der Waals surface area contributed by atoms with Crippen LogP contribution in [0, 0.1) is 0 Å². The molecule has 2 aromatic carbocycles. The lowest BCUT2D eigenvalue weighted by molar-refractivity contribution is 0.409. The van der Waals surface area contributed by atoms with Crippen LogP contribution in [0.3, 0.4) is 0 Å². The molecular formula is C15H15ClO2. The zero-order valence-electron chi connectivity index (χ0n) is 10.4. The average molecular weight is 263 g/mol. The summed E-state index contributed by atoms with van der Waals surface area (Å²) in [6.07, 6.45) is 0.975. The molecule has 0 saturated heterocycles. The van der Waals surface area contributed by atoms with E-state index in [0.717, 1.165) is 12.2 Å². The molecule has 0 atom stereocenters. The van der Waals surface area contributed by atoms with Gasteiger partial charge in [0.1, 0.15) is 22.3 Å². The summed E-state index contributed by atoms with van der Waals surface area (Å²) in [6.45, 7) is 2.11. The second-order valence-corrected chi connectivity index (χ2v) is 4.25. The molecule has 2 aromatic rings. The van der Waals surface area contributed by atoms with Crippen molar-refractivity contribution in [3.8, 4) is 17.2 Å².